The highest BCUT2D eigenvalue weighted by Crippen LogP contribution is 2.34. The van der Waals surface area contributed by atoms with E-state index in [0.29, 0.717) is 29.4 Å². The summed E-state index contributed by atoms with van der Waals surface area (Å²) < 4.78 is 15.8. The highest BCUT2D eigenvalue weighted by molar-refractivity contribution is 5.97. The first kappa shape index (κ1) is 17.7. The molecule has 0 bridgehead atoms. The van der Waals surface area contributed by atoms with Crippen LogP contribution in [0.1, 0.15) is 28.8 Å². The Morgan fingerprint density at radius 1 is 0.958 bits per heavy atom. The summed E-state index contributed by atoms with van der Waals surface area (Å²) in [7, 11) is 4.59. The third kappa shape index (κ3) is 3.98. The molecule has 2 aromatic carbocycles. The van der Waals surface area contributed by atoms with Gasteiger partial charge in [0.15, 0.2) is 11.5 Å². The third-order valence-electron chi connectivity index (χ3n) is 3.89. The van der Waals surface area contributed by atoms with Gasteiger partial charge in [-0.15, -0.1) is 0 Å². The topological polar surface area (TPSA) is 56.8 Å². The first-order valence-corrected chi connectivity index (χ1v) is 7.73. The van der Waals surface area contributed by atoms with E-state index in [1.54, 1.807) is 19.2 Å². The van der Waals surface area contributed by atoms with Gasteiger partial charge in [0.05, 0.1) is 26.9 Å². The summed E-state index contributed by atoms with van der Waals surface area (Å²) in [6.07, 6.45) is 0. The van der Waals surface area contributed by atoms with Crippen LogP contribution in [0.3, 0.4) is 0 Å². The molecule has 0 radical (unpaired) electrons. The summed E-state index contributed by atoms with van der Waals surface area (Å²) in [4.78, 5) is 12.5. The number of amides is 1. The summed E-state index contributed by atoms with van der Waals surface area (Å²) in [5.41, 5.74) is 1.59. The fourth-order valence-corrected chi connectivity index (χ4v) is 2.45. The number of carbonyl (C=O) groups is 1. The molecule has 1 atom stereocenters. The van der Waals surface area contributed by atoms with E-state index in [9.17, 15) is 4.79 Å². The van der Waals surface area contributed by atoms with Crippen molar-refractivity contribution >= 4 is 5.91 Å². The maximum atomic E-state index is 12.5. The van der Waals surface area contributed by atoms with E-state index in [0.717, 1.165) is 0 Å². The van der Waals surface area contributed by atoms with E-state index in [1.165, 1.54) is 19.8 Å². The van der Waals surface area contributed by atoms with Gasteiger partial charge >= 0.3 is 0 Å². The van der Waals surface area contributed by atoms with Crippen molar-refractivity contribution in [3.63, 3.8) is 0 Å². The molecule has 2 rings (SSSR count). The van der Waals surface area contributed by atoms with E-state index in [-0.39, 0.29) is 11.8 Å². The lowest BCUT2D eigenvalue weighted by Crippen LogP contribution is -2.28. The molecule has 0 aliphatic heterocycles. The molecule has 0 aliphatic rings. The van der Waals surface area contributed by atoms with Gasteiger partial charge in [0, 0.05) is 18.7 Å². The highest BCUT2D eigenvalue weighted by atomic mass is 16.5. The Balaban J connectivity index is 2.14. The average Bonchev–Trinajstić information content (AvgIpc) is 2.65. The van der Waals surface area contributed by atoms with Crippen LogP contribution in [0.15, 0.2) is 42.5 Å². The number of hydrogen-bond acceptors (Lipinski definition) is 4. The Bertz CT molecular complexity index is 685. The maximum Gasteiger partial charge on any atom is 0.255 e. The molecule has 1 amide bonds. The molecule has 0 fully saturated rings. The molecule has 0 heterocycles. The van der Waals surface area contributed by atoms with Crippen LogP contribution in [0.5, 0.6) is 17.2 Å². The minimum atomic E-state index is -0.212. The van der Waals surface area contributed by atoms with Gasteiger partial charge in [0.1, 0.15) is 5.75 Å². The summed E-state index contributed by atoms with van der Waals surface area (Å²) in [6, 6.07) is 13.3. The number of benzene rings is 2. The molecule has 1 unspecified atom stereocenters. The summed E-state index contributed by atoms with van der Waals surface area (Å²) in [5.74, 6) is 1.44. The van der Waals surface area contributed by atoms with E-state index < -0.39 is 0 Å². The summed E-state index contributed by atoms with van der Waals surface area (Å²) in [5, 5.41) is 2.95. The number of carbonyl (C=O) groups excluding carboxylic acids is 1. The fourth-order valence-electron chi connectivity index (χ4n) is 2.45. The smallest absolute Gasteiger partial charge is 0.255 e. The van der Waals surface area contributed by atoms with Crippen LogP contribution in [-0.4, -0.2) is 33.8 Å². The van der Waals surface area contributed by atoms with Crippen molar-refractivity contribution in [3.05, 3.63) is 53.6 Å². The zero-order valence-electron chi connectivity index (χ0n) is 14.5. The van der Waals surface area contributed by atoms with Crippen molar-refractivity contribution in [1.82, 2.24) is 5.32 Å². The second kappa shape index (κ2) is 8.24. The van der Waals surface area contributed by atoms with Crippen molar-refractivity contribution in [3.8, 4) is 17.2 Å². The molecular weight excluding hydrogens is 306 g/mol. The van der Waals surface area contributed by atoms with Crippen LogP contribution < -0.4 is 19.5 Å². The van der Waals surface area contributed by atoms with Crippen molar-refractivity contribution in [2.45, 2.75) is 12.8 Å². The first-order valence-electron chi connectivity index (χ1n) is 7.73. The second-order valence-electron chi connectivity index (χ2n) is 5.43. The van der Waals surface area contributed by atoms with E-state index in [4.69, 9.17) is 14.2 Å². The lowest BCUT2D eigenvalue weighted by Gasteiger charge is -2.16. The van der Waals surface area contributed by atoms with Crippen LogP contribution in [0.2, 0.25) is 0 Å². The van der Waals surface area contributed by atoms with Crippen LogP contribution in [0, 0.1) is 0 Å². The van der Waals surface area contributed by atoms with E-state index >= 15 is 0 Å². The molecule has 1 N–H and O–H groups in total. The minimum Gasteiger partial charge on any atom is -0.496 e. The molecule has 128 valence electrons. The molecule has 0 saturated carbocycles. The van der Waals surface area contributed by atoms with Gasteiger partial charge in [-0.2, -0.15) is 0 Å². The molecule has 0 spiro atoms. The number of hydrogen-bond donors (Lipinski definition) is 1. The predicted octanol–water partition coefficient (Wildman–Crippen LogP) is 3.25. The Morgan fingerprint density at radius 3 is 2.12 bits per heavy atom. The molecule has 0 aromatic heterocycles. The quantitative estimate of drug-likeness (QED) is 0.847. The number of rotatable bonds is 7. The Kier molecular flexibility index (Phi) is 6.07. The molecule has 5 heteroatoms. The van der Waals surface area contributed by atoms with E-state index in [1.807, 2.05) is 30.3 Å². The molecule has 5 nitrogen and oxygen atoms in total. The molecule has 2 aromatic rings. The zero-order valence-corrected chi connectivity index (χ0v) is 14.5. The van der Waals surface area contributed by atoms with Gasteiger partial charge in [-0.3, -0.25) is 4.79 Å². The van der Waals surface area contributed by atoms with E-state index in [2.05, 4.69) is 12.2 Å². The van der Waals surface area contributed by atoms with Crippen LogP contribution in [-0.2, 0) is 0 Å². The number of ether oxygens (including phenoxy) is 3. The monoisotopic (exact) mass is 329 g/mol. The summed E-state index contributed by atoms with van der Waals surface area (Å²) in [6.45, 7) is 2.60. The van der Waals surface area contributed by atoms with Crippen molar-refractivity contribution in [2.75, 3.05) is 27.9 Å². The number of nitrogens with one attached hydrogen (secondary N) is 1. The SMILES string of the molecule is COc1cc(OC)c(C(=O)NCC(C)c2ccccc2)cc1OC. The van der Waals surface area contributed by atoms with Crippen LogP contribution in [0.4, 0.5) is 0 Å². The van der Waals surface area contributed by atoms with Crippen molar-refractivity contribution in [1.29, 1.82) is 0 Å². The molecule has 24 heavy (non-hydrogen) atoms. The van der Waals surface area contributed by atoms with Gasteiger partial charge in [0.25, 0.3) is 5.91 Å². The molecule has 0 aliphatic carbocycles. The fraction of sp³-hybridized carbons (Fsp3) is 0.316. The van der Waals surface area contributed by atoms with Gasteiger partial charge in [0.2, 0.25) is 0 Å². The van der Waals surface area contributed by atoms with Crippen molar-refractivity contribution < 1.29 is 19.0 Å². The Hall–Kier alpha value is -2.69. The van der Waals surface area contributed by atoms with Crippen molar-refractivity contribution in [2.24, 2.45) is 0 Å². The van der Waals surface area contributed by atoms with Gasteiger partial charge < -0.3 is 19.5 Å². The number of methoxy groups -OCH3 is 3. The summed E-state index contributed by atoms with van der Waals surface area (Å²) >= 11 is 0. The highest BCUT2D eigenvalue weighted by Gasteiger charge is 2.18. The largest absolute Gasteiger partial charge is 0.496 e. The predicted molar refractivity (Wildman–Crippen MR) is 93.3 cm³/mol. The maximum absolute atomic E-state index is 12.5. The Morgan fingerprint density at radius 2 is 1.54 bits per heavy atom. The van der Waals surface area contributed by atoms with Gasteiger partial charge in [-0.1, -0.05) is 37.3 Å². The standard InChI is InChI=1S/C19H23NO4/c1-13(14-8-6-5-7-9-14)12-20-19(21)15-10-17(23-3)18(24-4)11-16(15)22-2/h5-11,13H,12H2,1-4H3,(H,20,21). The second-order valence-corrected chi connectivity index (χ2v) is 5.43. The first-order chi connectivity index (χ1) is 11.6. The lowest BCUT2D eigenvalue weighted by atomic mass is 10.0. The third-order valence-corrected chi connectivity index (χ3v) is 3.89. The lowest BCUT2D eigenvalue weighted by molar-refractivity contribution is 0.0948. The van der Waals surface area contributed by atoms with Crippen LogP contribution in [0.25, 0.3) is 0 Å². The Labute approximate surface area is 142 Å². The van der Waals surface area contributed by atoms with Gasteiger partial charge in [-0.05, 0) is 11.5 Å². The average molecular weight is 329 g/mol. The normalized spacial score (nSPS) is 11.5. The molecule has 0 saturated heterocycles. The zero-order chi connectivity index (χ0) is 17.5. The van der Waals surface area contributed by atoms with Crippen LogP contribution >= 0.6 is 0 Å². The molecular formula is C19H23NO4. The van der Waals surface area contributed by atoms with Gasteiger partial charge in [-0.25, -0.2) is 0 Å². The minimum absolute atomic E-state index is 0.210.